The monoisotopic (exact) mass is 250 g/mol. The maximum atomic E-state index is 9.84. The molecular weight excluding hydrogens is 228 g/mol. The molecule has 1 atom stereocenters. The molecule has 1 aromatic rings. The second-order valence-electron chi connectivity index (χ2n) is 4.71. The van der Waals surface area contributed by atoms with Crippen LogP contribution >= 0.6 is 0 Å². The molecule has 0 bridgehead atoms. The first-order valence-electron chi connectivity index (χ1n) is 6.64. The van der Waals surface area contributed by atoms with Gasteiger partial charge in [0.2, 0.25) is 0 Å². The molecule has 4 heteroatoms. The molecule has 1 unspecified atom stereocenters. The molecule has 18 heavy (non-hydrogen) atoms. The Hall–Kier alpha value is -1.10. The zero-order valence-electron chi connectivity index (χ0n) is 10.6. The molecule has 0 radical (unpaired) electrons. The number of aliphatic hydroxyl groups is 1. The van der Waals surface area contributed by atoms with E-state index in [0.717, 1.165) is 31.7 Å². The maximum Gasteiger partial charge on any atom is 0.119 e. The zero-order chi connectivity index (χ0) is 12.6. The highest BCUT2D eigenvalue weighted by Gasteiger charge is 2.14. The molecule has 1 aliphatic heterocycles. The number of piperidine rings is 1. The molecule has 0 aliphatic carbocycles. The maximum absolute atomic E-state index is 9.84. The van der Waals surface area contributed by atoms with Crippen LogP contribution in [0.15, 0.2) is 30.3 Å². The molecule has 4 nitrogen and oxygen atoms in total. The highest BCUT2D eigenvalue weighted by molar-refractivity contribution is 5.20. The Morgan fingerprint density at radius 3 is 2.72 bits per heavy atom. The van der Waals surface area contributed by atoms with Gasteiger partial charge in [0.15, 0.2) is 0 Å². The van der Waals surface area contributed by atoms with Crippen molar-refractivity contribution in [3.8, 4) is 5.75 Å². The third kappa shape index (κ3) is 4.64. The Labute approximate surface area is 108 Å². The SMILES string of the molecule is OC(CNC1CCNCC1)COc1ccccc1. The molecule has 0 saturated carbocycles. The summed E-state index contributed by atoms with van der Waals surface area (Å²) in [5.74, 6) is 0.804. The molecular formula is C14H22N2O2. The van der Waals surface area contributed by atoms with Crippen LogP contribution in [0, 0.1) is 0 Å². The summed E-state index contributed by atoms with van der Waals surface area (Å²) < 4.78 is 5.51. The van der Waals surface area contributed by atoms with Crippen LogP contribution in [0.1, 0.15) is 12.8 Å². The van der Waals surface area contributed by atoms with Crippen molar-refractivity contribution in [1.29, 1.82) is 0 Å². The highest BCUT2D eigenvalue weighted by Crippen LogP contribution is 2.08. The van der Waals surface area contributed by atoms with Crippen molar-refractivity contribution >= 4 is 0 Å². The number of para-hydroxylation sites is 1. The van der Waals surface area contributed by atoms with Crippen LogP contribution in [0.3, 0.4) is 0 Å². The van der Waals surface area contributed by atoms with Crippen molar-refractivity contribution in [2.75, 3.05) is 26.2 Å². The molecule has 1 heterocycles. The lowest BCUT2D eigenvalue weighted by atomic mass is 10.1. The van der Waals surface area contributed by atoms with E-state index in [9.17, 15) is 5.11 Å². The van der Waals surface area contributed by atoms with Crippen molar-refractivity contribution in [3.05, 3.63) is 30.3 Å². The van der Waals surface area contributed by atoms with Crippen molar-refractivity contribution in [3.63, 3.8) is 0 Å². The average molecular weight is 250 g/mol. The first-order valence-corrected chi connectivity index (χ1v) is 6.64. The third-order valence-corrected chi connectivity index (χ3v) is 3.17. The number of rotatable bonds is 6. The number of hydrogen-bond donors (Lipinski definition) is 3. The van der Waals surface area contributed by atoms with Crippen molar-refractivity contribution in [2.24, 2.45) is 0 Å². The van der Waals surface area contributed by atoms with E-state index in [1.54, 1.807) is 0 Å². The Bertz CT molecular complexity index is 326. The quantitative estimate of drug-likeness (QED) is 0.698. The number of ether oxygens (including phenoxy) is 1. The zero-order valence-corrected chi connectivity index (χ0v) is 10.6. The van der Waals surface area contributed by atoms with Crippen LogP contribution in [-0.4, -0.2) is 43.5 Å². The minimum atomic E-state index is -0.458. The van der Waals surface area contributed by atoms with E-state index in [4.69, 9.17) is 4.74 Å². The van der Waals surface area contributed by atoms with Crippen molar-refractivity contribution in [1.82, 2.24) is 10.6 Å². The van der Waals surface area contributed by atoms with Gasteiger partial charge in [-0.15, -0.1) is 0 Å². The fourth-order valence-corrected chi connectivity index (χ4v) is 2.10. The highest BCUT2D eigenvalue weighted by atomic mass is 16.5. The minimum absolute atomic E-state index is 0.335. The standard InChI is InChI=1S/C14H22N2O2/c17-13(10-16-12-6-8-15-9-7-12)11-18-14-4-2-1-3-5-14/h1-5,12-13,15-17H,6-11H2. The predicted molar refractivity (Wildman–Crippen MR) is 71.8 cm³/mol. The van der Waals surface area contributed by atoms with E-state index in [1.165, 1.54) is 0 Å². The van der Waals surface area contributed by atoms with Gasteiger partial charge in [-0.25, -0.2) is 0 Å². The van der Waals surface area contributed by atoms with E-state index in [2.05, 4.69) is 10.6 Å². The molecule has 1 aromatic carbocycles. The number of benzene rings is 1. The lowest BCUT2D eigenvalue weighted by molar-refractivity contribution is 0.102. The minimum Gasteiger partial charge on any atom is -0.491 e. The summed E-state index contributed by atoms with van der Waals surface area (Å²) in [7, 11) is 0. The van der Waals surface area contributed by atoms with Crippen LogP contribution < -0.4 is 15.4 Å². The lowest BCUT2D eigenvalue weighted by Gasteiger charge is -2.25. The fourth-order valence-electron chi connectivity index (χ4n) is 2.10. The molecule has 0 amide bonds. The van der Waals surface area contributed by atoms with Gasteiger partial charge in [-0.2, -0.15) is 0 Å². The Morgan fingerprint density at radius 2 is 2.00 bits per heavy atom. The Morgan fingerprint density at radius 1 is 1.28 bits per heavy atom. The van der Waals surface area contributed by atoms with Crippen LogP contribution in [0.4, 0.5) is 0 Å². The topological polar surface area (TPSA) is 53.5 Å². The smallest absolute Gasteiger partial charge is 0.119 e. The van der Waals surface area contributed by atoms with E-state index in [0.29, 0.717) is 19.2 Å². The van der Waals surface area contributed by atoms with Gasteiger partial charge in [-0.3, -0.25) is 0 Å². The number of aliphatic hydroxyl groups excluding tert-OH is 1. The summed E-state index contributed by atoms with van der Waals surface area (Å²) in [4.78, 5) is 0. The van der Waals surface area contributed by atoms with Gasteiger partial charge in [0.05, 0.1) is 0 Å². The Kier molecular flexibility index (Phi) is 5.45. The first kappa shape index (κ1) is 13.3. The van der Waals surface area contributed by atoms with Gasteiger partial charge in [0.1, 0.15) is 18.5 Å². The predicted octanol–water partition coefficient (Wildman–Crippen LogP) is 0.768. The van der Waals surface area contributed by atoms with Gasteiger partial charge in [0, 0.05) is 12.6 Å². The van der Waals surface area contributed by atoms with Crippen LogP contribution in [-0.2, 0) is 0 Å². The molecule has 1 aliphatic rings. The van der Waals surface area contributed by atoms with E-state index < -0.39 is 6.10 Å². The molecule has 1 saturated heterocycles. The third-order valence-electron chi connectivity index (χ3n) is 3.17. The molecule has 0 aromatic heterocycles. The Balaban J connectivity index is 1.61. The summed E-state index contributed by atoms with van der Waals surface area (Å²) in [5.41, 5.74) is 0. The average Bonchev–Trinajstić information content (AvgIpc) is 2.45. The summed E-state index contributed by atoms with van der Waals surface area (Å²) in [6, 6.07) is 10.1. The fraction of sp³-hybridized carbons (Fsp3) is 0.571. The van der Waals surface area contributed by atoms with Crippen LogP contribution in [0.2, 0.25) is 0 Å². The molecule has 1 fully saturated rings. The van der Waals surface area contributed by atoms with Crippen LogP contribution in [0.25, 0.3) is 0 Å². The van der Waals surface area contributed by atoms with Gasteiger partial charge in [0.25, 0.3) is 0 Å². The summed E-state index contributed by atoms with van der Waals surface area (Å²) >= 11 is 0. The van der Waals surface area contributed by atoms with Gasteiger partial charge < -0.3 is 20.5 Å². The number of hydrogen-bond acceptors (Lipinski definition) is 4. The second-order valence-corrected chi connectivity index (χ2v) is 4.71. The normalized spacial score (nSPS) is 18.5. The van der Waals surface area contributed by atoms with Crippen LogP contribution in [0.5, 0.6) is 5.75 Å². The summed E-state index contributed by atoms with van der Waals surface area (Å²) in [6.45, 7) is 3.06. The summed E-state index contributed by atoms with van der Waals surface area (Å²) in [5, 5.41) is 16.5. The van der Waals surface area contributed by atoms with Gasteiger partial charge in [-0.1, -0.05) is 18.2 Å². The van der Waals surface area contributed by atoms with Gasteiger partial charge in [-0.05, 0) is 38.1 Å². The molecule has 100 valence electrons. The van der Waals surface area contributed by atoms with E-state index in [-0.39, 0.29) is 0 Å². The van der Waals surface area contributed by atoms with Crippen molar-refractivity contribution in [2.45, 2.75) is 25.0 Å². The first-order chi connectivity index (χ1) is 8.84. The second kappa shape index (κ2) is 7.36. The van der Waals surface area contributed by atoms with E-state index >= 15 is 0 Å². The number of nitrogens with one attached hydrogen (secondary N) is 2. The molecule has 2 rings (SSSR count). The van der Waals surface area contributed by atoms with Gasteiger partial charge >= 0.3 is 0 Å². The molecule has 0 spiro atoms. The van der Waals surface area contributed by atoms with Crippen molar-refractivity contribution < 1.29 is 9.84 Å². The largest absolute Gasteiger partial charge is 0.491 e. The molecule has 3 N–H and O–H groups in total. The summed E-state index contributed by atoms with van der Waals surface area (Å²) in [6.07, 6.45) is 1.80. The lowest BCUT2D eigenvalue weighted by Crippen LogP contribution is -2.43. The van der Waals surface area contributed by atoms with E-state index in [1.807, 2.05) is 30.3 Å².